The minimum absolute atomic E-state index is 0.0890. The molecule has 4 aromatic rings. The molecule has 3 aromatic carbocycles. The van der Waals surface area contributed by atoms with Crippen LogP contribution in [-0.4, -0.2) is 4.98 Å². The average Bonchev–Trinajstić information content (AvgIpc) is 3.27. The first-order valence-electron chi connectivity index (χ1n) is 11.6. The molecular weight excluding hydrogens is 519 g/mol. The second kappa shape index (κ2) is 9.63. The highest BCUT2D eigenvalue weighted by Gasteiger charge is 2.39. The molecule has 37 heavy (non-hydrogen) atoms. The molecule has 0 amide bonds. The SMILES string of the molecule is CC1CCC(c2cc(F)c(-c3ccc4nc(C(F)(F)Oc5cc(F)c(F)c(F)c5)sc4c3)c(F)c2)CC1. The maximum atomic E-state index is 15.1. The number of nitrogens with zero attached hydrogens (tertiary/aromatic N) is 1. The lowest BCUT2D eigenvalue weighted by molar-refractivity contribution is -0.185. The lowest BCUT2D eigenvalue weighted by Gasteiger charge is -2.26. The van der Waals surface area contributed by atoms with Crippen molar-refractivity contribution in [2.45, 2.75) is 44.6 Å². The van der Waals surface area contributed by atoms with E-state index in [-0.39, 0.29) is 27.3 Å². The predicted octanol–water partition coefficient (Wildman–Crippen LogP) is 9.08. The third-order valence-electron chi connectivity index (χ3n) is 6.68. The molecule has 1 saturated carbocycles. The van der Waals surface area contributed by atoms with E-state index in [0.29, 0.717) is 35.0 Å². The van der Waals surface area contributed by atoms with Crippen LogP contribution < -0.4 is 4.74 Å². The third kappa shape index (κ3) is 5.03. The third-order valence-corrected chi connectivity index (χ3v) is 7.75. The number of halogens is 7. The van der Waals surface area contributed by atoms with Crippen molar-refractivity contribution in [3.8, 4) is 16.9 Å². The van der Waals surface area contributed by atoms with Gasteiger partial charge in [-0.3, -0.25) is 0 Å². The van der Waals surface area contributed by atoms with Crippen LogP contribution in [0.1, 0.15) is 49.1 Å². The van der Waals surface area contributed by atoms with Gasteiger partial charge in [-0.25, -0.2) is 26.9 Å². The molecule has 10 heteroatoms. The fraction of sp³-hybridized carbons (Fsp3) is 0.296. The number of aromatic nitrogens is 1. The van der Waals surface area contributed by atoms with Gasteiger partial charge >= 0.3 is 6.11 Å². The molecule has 1 fully saturated rings. The number of fused-ring (bicyclic) bond motifs is 1. The summed E-state index contributed by atoms with van der Waals surface area (Å²) in [5.41, 5.74) is 0.591. The molecule has 1 heterocycles. The van der Waals surface area contributed by atoms with Gasteiger partial charge in [0.05, 0.1) is 15.8 Å². The Morgan fingerprint density at radius 2 is 1.46 bits per heavy atom. The molecule has 1 aliphatic rings. The van der Waals surface area contributed by atoms with Gasteiger partial charge in [-0.05, 0) is 60.1 Å². The maximum absolute atomic E-state index is 15.1. The molecule has 1 aromatic heterocycles. The largest absolute Gasteiger partial charge is 0.454 e. The van der Waals surface area contributed by atoms with Crippen LogP contribution in [0, 0.1) is 35.0 Å². The van der Waals surface area contributed by atoms with Crippen molar-refractivity contribution in [2.75, 3.05) is 0 Å². The molecular formula is C27H20F7NOS. The van der Waals surface area contributed by atoms with Gasteiger partial charge in [0.1, 0.15) is 17.4 Å². The van der Waals surface area contributed by atoms with E-state index in [1.807, 2.05) is 0 Å². The van der Waals surface area contributed by atoms with Crippen LogP contribution in [0.3, 0.4) is 0 Å². The molecule has 0 radical (unpaired) electrons. The Morgan fingerprint density at radius 3 is 2.08 bits per heavy atom. The van der Waals surface area contributed by atoms with Crippen molar-refractivity contribution in [1.29, 1.82) is 0 Å². The lowest BCUT2D eigenvalue weighted by Crippen LogP contribution is -2.21. The topological polar surface area (TPSA) is 22.1 Å². The highest BCUT2D eigenvalue weighted by Crippen LogP contribution is 2.41. The zero-order chi connectivity index (χ0) is 26.5. The summed E-state index contributed by atoms with van der Waals surface area (Å²) in [6.07, 6.45) is -0.389. The quantitative estimate of drug-likeness (QED) is 0.186. The summed E-state index contributed by atoms with van der Waals surface area (Å²) in [6.45, 7) is 2.16. The van der Waals surface area contributed by atoms with E-state index in [0.717, 1.165) is 25.7 Å². The van der Waals surface area contributed by atoms with E-state index in [2.05, 4.69) is 16.6 Å². The van der Waals surface area contributed by atoms with E-state index < -0.39 is 46.0 Å². The smallest absolute Gasteiger partial charge is 0.427 e. The van der Waals surface area contributed by atoms with Gasteiger partial charge in [0.15, 0.2) is 17.5 Å². The summed E-state index contributed by atoms with van der Waals surface area (Å²) in [6, 6.07) is 7.32. The van der Waals surface area contributed by atoms with Crippen LogP contribution >= 0.6 is 11.3 Å². The summed E-state index contributed by atoms with van der Waals surface area (Å²) in [5.74, 6) is -6.93. The molecule has 0 N–H and O–H groups in total. The summed E-state index contributed by atoms with van der Waals surface area (Å²) < 4.78 is 104. The van der Waals surface area contributed by atoms with Crippen LogP contribution in [0.2, 0.25) is 0 Å². The summed E-state index contributed by atoms with van der Waals surface area (Å²) in [5, 5.41) is -0.854. The highest BCUT2D eigenvalue weighted by atomic mass is 32.1. The van der Waals surface area contributed by atoms with Crippen molar-refractivity contribution < 1.29 is 35.5 Å². The van der Waals surface area contributed by atoms with Crippen molar-refractivity contribution >= 4 is 21.6 Å². The Bertz CT molecular complexity index is 1430. The predicted molar refractivity (Wildman–Crippen MR) is 126 cm³/mol. The number of alkyl halides is 2. The molecule has 0 bridgehead atoms. The Labute approximate surface area is 211 Å². The summed E-state index contributed by atoms with van der Waals surface area (Å²) in [4.78, 5) is 3.80. The number of hydrogen-bond donors (Lipinski definition) is 0. The van der Waals surface area contributed by atoms with Gasteiger partial charge in [0, 0.05) is 12.1 Å². The number of benzene rings is 3. The minimum atomic E-state index is -4.11. The van der Waals surface area contributed by atoms with Crippen molar-refractivity contribution in [3.63, 3.8) is 0 Å². The Hall–Kier alpha value is -3.14. The Balaban J connectivity index is 1.44. The zero-order valence-corrected chi connectivity index (χ0v) is 20.3. The molecule has 0 aliphatic heterocycles. The van der Waals surface area contributed by atoms with Crippen molar-refractivity contribution in [3.05, 3.63) is 82.1 Å². The normalized spacial score (nSPS) is 18.4. The van der Waals surface area contributed by atoms with Crippen LogP contribution in [0.4, 0.5) is 30.7 Å². The first kappa shape index (κ1) is 25.5. The molecule has 0 saturated heterocycles. The lowest BCUT2D eigenvalue weighted by atomic mass is 9.79. The first-order chi connectivity index (χ1) is 17.5. The number of thiazole rings is 1. The number of hydrogen-bond acceptors (Lipinski definition) is 3. The van der Waals surface area contributed by atoms with Gasteiger partial charge in [0.25, 0.3) is 0 Å². The second-order valence-corrected chi connectivity index (χ2v) is 10.4. The van der Waals surface area contributed by atoms with Crippen molar-refractivity contribution in [1.82, 2.24) is 4.98 Å². The van der Waals surface area contributed by atoms with Crippen LogP contribution in [0.15, 0.2) is 42.5 Å². The summed E-state index contributed by atoms with van der Waals surface area (Å²) >= 11 is 0.489. The molecule has 1 aliphatic carbocycles. The highest BCUT2D eigenvalue weighted by molar-refractivity contribution is 7.18. The fourth-order valence-corrected chi connectivity index (χ4v) is 5.60. The maximum Gasteiger partial charge on any atom is 0.454 e. The first-order valence-corrected chi connectivity index (χ1v) is 12.4. The number of rotatable bonds is 5. The van der Waals surface area contributed by atoms with Crippen LogP contribution in [0.5, 0.6) is 5.75 Å². The molecule has 5 rings (SSSR count). The van der Waals surface area contributed by atoms with E-state index in [1.54, 1.807) is 0 Å². The summed E-state index contributed by atoms with van der Waals surface area (Å²) in [7, 11) is 0. The molecule has 194 valence electrons. The van der Waals surface area contributed by atoms with E-state index in [1.165, 1.54) is 30.3 Å². The van der Waals surface area contributed by atoms with Crippen LogP contribution in [-0.2, 0) is 6.11 Å². The number of ether oxygens (including phenoxy) is 1. The fourth-order valence-electron chi connectivity index (χ4n) is 4.69. The Kier molecular flexibility index (Phi) is 6.64. The zero-order valence-electron chi connectivity index (χ0n) is 19.4. The van der Waals surface area contributed by atoms with E-state index in [9.17, 15) is 22.0 Å². The Morgan fingerprint density at radius 1 is 0.838 bits per heavy atom. The van der Waals surface area contributed by atoms with E-state index >= 15 is 8.78 Å². The average molecular weight is 540 g/mol. The molecule has 2 nitrogen and oxygen atoms in total. The van der Waals surface area contributed by atoms with Gasteiger partial charge in [-0.1, -0.05) is 25.8 Å². The standard InChI is InChI=1S/C27H20F7NOS/c1-13-2-4-14(5-3-13)16-8-18(28)24(19(29)9-16)15-6-7-22-23(10-15)37-26(35-22)27(33,34)36-17-11-20(30)25(32)21(31)12-17/h6-14H,2-5H2,1H3. The van der Waals surface area contributed by atoms with Gasteiger partial charge in [-0.2, -0.15) is 8.78 Å². The van der Waals surface area contributed by atoms with Crippen LogP contribution in [0.25, 0.3) is 21.3 Å². The molecule has 0 unspecified atom stereocenters. The monoisotopic (exact) mass is 539 g/mol. The van der Waals surface area contributed by atoms with Gasteiger partial charge in [-0.15, -0.1) is 11.3 Å². The van der Waals surface area contributed by atoms with Gasteiger partial charge < -0.3 is 4.74 Å². The van der Waals surface area contributed by atoms with E-state index in [4.69, 9.17) is 0 Å². The molecule has 0 spiro atoms. The second-order valence-electron chi connectivity index (χ2n) is 9.34. The van der Waals surface area contributed by atoms with Crippen molar-refractivity contribution in [2.24, 2.45) is 5.92 Å². The minimum Gasteiger partial charge on any atom is -0.427 e. The van der Waals surface area contributed by atoms with Gasteiger partial charge in [0.2, 0.25) is 5.01 Å². The molecule has 0 atom stereocenters.